The monoisotopic (exact) mass is 302 g/mol. The second kappa shape index (κ2) is 6.71. The molecule has 1 fully saturated rings. The van der Waals surface area contributed by atoms with Gasteiger partial charge in [-0.1, -0.05) is 0 Å². The lowest BCUT2D eigenvalue weighted by atomic mass is 10.1. The van der Waals surface area contributed by atoms with Crippen molar-refractivity contribution in [1.29, 1.82) is 0 Å². The number of hydrogen-bond donors (Lipinski definition) is 2. The highest BCUT2D eigenvalue weighted by Gasteiger charge is 2.24. The predicted molar refractivity (Wildman–Crippen MR) is 77.2 cm³/mol. The van der Waals surface area contributed by atoms with Crippen molar-refractivity contribution in [2.75, 3.05) is 13.1 Å². The molecule has 0 aromatic carbocycles. The van der Waals surface area contributed by atoms with Crippen LogP contribution in [0.1, 0.15) is 13.8 Å². The standard InChI is InChI=1S/C12H18N4O3.ClH/c1-8-5-16(6-9(2)13-8)11(18)7-15-4-3-10(17)14-12(15)19;/h3-4,8-9,13H,5-7H2,1-2H3,(H,14,17,19);1H. The van der Waals surface area contributed by atoms with Crippen molar-refractivity contribution < 1.29 is 4.79 Å². The average Bonchev–Trinajstić information content (AvgIpc) is 2.31. The van der Waals surface area contributed by atoms with Crippen LogP contribution >= 0.6 is 12.4 Å². The van der Waals surface area contributed by atoms with Gasteiger partial charge in [-0.25, -0.2) is 4.79 Å². The molecule has 1 amide bonds. The van der Waals surface area contributed by atoms with E-state index in [0.29, 0.717) is 13.1 Å². The van der Waals surface area contributed by atoms with E-state index in [0.717, 1.165) is 0 Å². The van der Waals surface area contributed by atoms with Gasteiger partial charge < -0.3 is 10.2 Å². The summed E-state index contributed by atoms with van der Waals surface area (Å²) in [6.07, 6.45) is 1.34. The largest absolute Gasteiger partial charge is 0.338 e. The number of halogens is 1. The van der Waals surface area contributed by atoms with E-state index >= 15 is 0 Å². The Bertz CT molecular complexity index is 573. The fourth-order valence-electron chi connectivity index (χ4n) is 2.34. The number of aromatic nitrogens is 2. The van der Waals surface area contributed by atoms with Crippen LogP contribution in [-0.2, 0) is 11.3 Å². The quantitative estimate of drug-likeness (QED) is 0.746. The molecular formula is C12H19ClN4O3. The van der Waals surface area contributed by atoms with E-state index in [1.807, 2.05) is 13.8 Å². The minimum atomic E-state index is -0.558. The molecule has 112 valence electrons. The van der Waals surface area contributed by atoms with E-state index in [-0.39, 0.29) is 36.9 Å². The van der Waals surface area contributed by atoms with Crippen molar-refractivity contribution in [3.05, 3.63) is 33.1 Å². The van der Waals surface area contributed by atoms with Gasteiger partial charge >= 0.3 is 5.69 Å². The SMILES string of the molecule is CC1CN(C(=O)Cn2ccc(=O)[nH]c2=O)CC(C)N1.Cl. The highest BCUT2D eigenvalue weighted by Crippen LogP contribution is 2.04. The minimum Gasteiger partial charge on any atom is -0.338 e. The zero-order chi connectivity index (χ0) is 14.0. The lowest BCUT2D eigenvalue weighted by molar-refractivity contribution is -0.133. The molecule has 0 spiro atoms. The van der Waals surface area contributed by atoms with Crippen LogP contribution in [0, 0.1) is 0 Å². The number of hydrogen-bond acceptors (Lipinski definition) is 4. The second-order valence-corrected chi connectivity index (χ2v) is 5.01. The van der Waals surface area contributed by atoms with Gasteiger partial charge in [-0.15, -0.1) is 12.4 Å². The fourth-order valence-corrected chi connectivity index (χ4v) is 2.34. The fraction of sp³-hybridized carbons (Fsp3) is 0.583. The maximum absolute atomic E-state index is 12.1. The summed E-state index contributed by atoms with van der Waals surface area (Å²) in [7, 11) is 0. The lowest BCUT2D eigenvalue weighted by Crippen LogP contribution is -2.56. The summed E-state index contributed by atoms with van der Waals surface area (Å²) in [5, 5.41) is 3.34. The first kappa shape index (κ1) is 16.5. The van der Waals surface area contributed by atoms with Crippen molar-refractivity contribution in [2.24, 2.45) is 0 Å². The van der Waals surface area contributed by atoms with Crippen LogP contribution in [0.25, 0.3) is 0 Å². The number of rotatable bonds is 2. The van der Waals surface area contributed by atoms with Gasteiger partial charge in [0.1, 0.15) is 6.54 Å². The maximum atomic E-state index is 12.1. The van der Waals surface area contributed by atoms with Gasteiger partial charge in [0.2, 0.25) is 5.91 Å². The van der Waals surface area contributed by atoms with Crippen LogP contribution in [0.4, 0.5) is 0 Å². The van der Waals surface area contributed by atoms with E-state index in [1.165, 1.54) is 16.8 Å². The van der Waals surface area contributed by atoms with E-state index < -0.39 is 11.2 Å². The molecule has 2 unspecified atom stereocenters. The molecule has 20 heavy (non-hydrogen) atoms. The van der Waals surface area contributed by atoms with Crippen molar-refractivity contribution >= 4 is 18.3 Å². The van der Waals surface area contributed by atoms with Gasteiger partial charge in [-0.2, -0.15) is 0 Å². The number of carbonyl (C=O) groups is 1. The van der Waals surface area contributed by atoms with Crippen molar-refractivity contribution in [2.45, 2.75) is 32.5 Å². The van der Waals surface area contributed by atoms with Crippen molar-refractivity contribution in [1.82, 2.24) is 19.8 Å². The van der Waals surface area contributed by atoms with Gasteiger partial charge in [0.05, 0.1) is 0 Å². The van der Waals surface area contributed by atoms with Gasteiger partial charge in [0.15, 0.2) is 0 Å². The molecule has 0 aliphatic carbocycles. The highest BCUT2D eigenvalue weighted by molar-refractivity contribution is 5.85. The Morgan fingerprint density at radius 3 is 2.45 bits per heavy atom. The average molecular weight is 303 g/mol. The number of nitrogens with zero attached hydrogens (tertiary/aromatic N) is 2. The Kier molecular flexibility index (Phi) is 5.52. The van der Waals surface area contributed by atoms with Gasteiger partial charge in [0, 0.05) is 37.4 Å². The van der Waals surface area contributed by atoms with Crippen molar-refractivity contribution in [3.63, 3.8) is 0 Å². The van der Waals surface area contributed by atoms with E-state index in [1.54, 1.807) is 4.90 Å². The molecule has 0 saturated carbocycles. The molecule has 2 rings (SSSR count). The van der Waals surface area contributed by atoms with E-state index in [9.17, 15) is 14.4 Å². The van der Waals surface area contributed by atoms with E-state index in [4.69, 9.17) is 0 Å². The van der Waals surface area contributed by atoms with Gasteiger partial charge in [0.25, 0.3) is 5.56 Å². The molecular weight excluding hydrogens is 284 g/mol. The van der Waals surface area contributed by atoms with Gasteiger partial charge in [-0.3, -0.25) is 19.1 Å². The summed E-state index contributed by atoms with van der Waals surface area (Å²) in [6, 6.07) is 1.71. The summed E-state index contributed by atoms with van der Waals surface area (Å²) < 4.78 is 1.21. The zero-order valence-electron chi connectivity index (χ0n) is 11.5. The summed E-state index contributed by atoms with van der Waals surface area (Å²) in [6.45, 7) is 5.24. The maximum Gasteiger partial charge on any atom is 0.328 e. The number of carbonyl (C=O) groups excluding carboxylic acids is 1. The lowest BCUT2D eigenvalue weighted by Gasteiger charge is -2.36. The Morgan fingerprint density at radius 2 is 1.90 bits per heavy atom. The number of aromatic amines is 1. The summed E-state index contributed by atoms with van der Waals surface area (Å²) in [4.78, 5) is 38.5. The number of amides is 1. The first-order chi connectivity index (χ1) is 8.95. The molecule has 1 aliphatic heterocycles. The molecule has 8 heteroatoms. The Balaban J connectivity index is 0.00000200. The number of piperazine rings is 1. The molecule has 7 nitrogen and oxygen atoms in total. The minimum absolute atomic E-state index is 0. The van der Waals surface area contributed by atoms with Crippen LogP contribution in [0.15, 0.2) is 21.9 Å². The zero-order valence-corrected chi connectivity index (χ0v) is 12.3. The Morgan fingerprint density at radius 1 is 1.30 bits per heavy atom. The summed E-state index contributed by atoms with van der Waals surface area (Å²) in [5.41, 5.74) is -1.02. The third-order valence-electron chi connectivity index (χ3n) is 3.11. The van der Waals surface area contributed by atoms with Crippen LogP contribution in [0.3, 0.4) is 0 Å². The van der Waals surface area contributed by atoms with Crippen LogP contribution in [-0.4, -0.2) is 45.5 Å². The molecule has 0 bridgehead atoms. The molecule has 2 N–H and O–H groups in total. The Labute approximate surface area is 122 Å². The molecule has 1 aromatic rings. The number of H-pyrrole nitrogens is 1. The smallest absolute Gasteiger partial charge is 0.328 e. The topological polar surface area (TPSA) is 87.2 Å². The normalized spacial score (nSPS) is 22.2. The summed E-state index contributed by atoms with van der Waals surface area (Å²) in [5.74, 6) is -0.116. The summed E-state index contributed by atoms with van der Waals surface area (Å²) >= 11 is 0. The van der Waals surface area contributed by atoms with Crippen LogP contribution in [0.5, 0.6) is 0 Å². The molecule has 1 saturated heterocycles. The van der Waals surface area contributed by atoms with E-state index in [2.05, 4.69) is 10.3 Å². The molecule has 0 radical (unpaired) electrons. The molecule has 2 atom stereocenters. The van der Waals surface area contributed by atoms with Crippen LogP contribution < -0.4 is 16.6 Å². The first-order valence-corrected chi connectivity index (χ1v) is 6.29. The predicted octanol–water partition coefficient (Wildman–Crippen LogP) is -0.833. The van der Waals surface area contributed by atoms with Gasteiger partial charge in [-0.05, 0) is 13.8 Å². The number of nitrogens with one attached hydrogen (secondary N) is 2. The molecule has 2 heterocycles. The van der Waals surface area contributed by atoms with Crippen molar-refractivity contribution in [3.8, 4) is 0 Å². The second-order valence-electron chi connectivity index (χ2n) is 5.01. The third-order valence-corrected chi connectivity index (χ3v) is 3.11. The highest BCUT2D eigenvalue weighted by atomic mass is 35.5. The molecule has 1 aliphatic rings. The first-order valence-electron chi connectivity index (χ1n) is 6.29. The Hall–Kier alpha value is -1.60. The molecule has 1 aromatic heterocycles. The third kappa shape index (κ3) is 3.94. The van der Waals surface area contributed by atoms with Crippen LogP contribution in [0.2, 0.25) is 0 Å².